The number of rotatable bonds is 3. The maximum atomic E-state index is 4.88. The molecule has 25 heavy (non-hydrogen) atoms. The van der Waals surface area contributed by atoms with E-state index >= 15 is 0 Å². The van der Waals surface area contributed by atoms with Crippen molar-refractivity contribution in [2.24, 2.45) is 0 Å². The van der Waals surface area contributed by atoms with Crippen LogP contribution in [0.2, 0.25) is 0 Å². The van der Waals surface area contributed by atoms with E-state index in [0.29, 0.717) is 0 Å². The highest BCUT2D eigenvalue weighted by atomic mass is 14.8. The van der Waals surface area contributed by atoms with Gasteiger partial charge in [0.15, 0.2) is 0 Å². The normalized spacial score (nSPS) is 14.0. The molecule has 2 nitrogen and oxygen atoms in total. The Morgan fingerprint density at radius 2 is 1.20 bits per heavy atom. The van der Waals surface area contributed by atoms with E-state index in [1.54, 1.807) is 0 Å². The zero-order valence-electron chi connectivity index (χ0n) is 14.3. The average Bonchev–Trinajstić information content (AvgIpc) is 2.69. The van der Waals surface area contributed by atoms with Gasteiger partial charge in [-0.05, 0) is 55.2 Å². The van der Waals surface area contributed by atoms with Crippen LogP contribution < -0.4 is 0 Å². The molecule has 0 spiro atoms. The van der Waals surface area contributed by atoms with E-state index in [4.69, 9.17) is 9.97 Å². The summed E-state index contributed by atoms with van der Waals surface area (Å²) >= 11 is 0. The Labute approximate surface area is 148 Å². The minimum Gasteiger partial charge on any atom is -0.246 e. The second kappa shape index (κ2) is 6.86. The molecule has 1 aromatic carbocycles. The monoisotopic (exact) mass is 324 g/mol. The van der Waals surface area contributed by atoms with E-state index in [-0.39, 0.29) is 0 Å². The van der Waals surface area contributed by atoms with Crippen molar-refractivity contribution < 1.29 is 0 Å². The van der Waals surface area contributed by atoms with Crippen LogP contribution in [0.3, 0.4) is 0 Å². The van der Waals surface area contributed by atoms with Gasteiger partial charge >= 0.3 is 0 Å². The molecule has 0 radical (unpaired) electrons. The predicted molar refractivity (Wildman–Crippen MR) is 104 cm³/mol. The lowest BCUT2D eigenvalue weighted by Gasteiger charge is -2.13. The molecule has 0 saturated carbocycles. The summed E-state index contributed by atoms with van der Waals surface area (Å²) in [5, 5.41) is 0. The van der Waals surface area contributed by atoms with Crippen LogP contribution in [0.5, 0.6) is 0 Å². The Bertz CT molecular complexity index is 953. The van der Waals surface area contributed by atoms with Crippen LogP contribution in [0.4, 0.5) is 0 Å². The number of nitrogens with zero attached hydrogens (tertiary/aromatic N) is 2. The first-order chi connectivity index (χ1) is 12.3. The molecule has 0 atom stereocenters. The third kappa shape index (κ3) is 3.29. The number of aromatic nitrogens is 2. The zero-order valence-corrected chi connectivity index (χ0v) is 14.3. The Morgan fingerprint density at radius 1 is 0.600 bits per heavy atom. The van der Waals surface area contributed by atoms with Crippen LogP contribution in [0.1, 0.15) is 25.5 Å². The molecular weight excluding hydrogens is 304 g/mol. The molecule has 0 unspecified atom stereocenters. The lowest BCUT2D eigenvalue weighted by molar-refractivity contribution is 1.02. The lowest BCUT2D eigenvalue weighted by atomic mass is 9.96. The van der Waals surface area contributed by atoms with Crippen molar-refractivity contribution in [1.29, 1.82) is 0 Å². The topological polar surface area (TPSA) is 25.8 Å². The molecule has 2 aromatic heterocycles. The van der Waals surface area contributed by atoms with Gasteiger partial charge in [-0.2, -0.15) is 0 Å². The van der Waals surface area contributed by atoms with E-state index in [1.807, 2.05) is 42.5 Å². The molecule has 0 fully saturated rings. The van der Waals surface area contributed by atoms with Crippen molar-refractivity contribution in [2.75, 3.05) is 0 Å². The number of hydrogen-bond acceptors (Lipinski definition) is 2. The molecule has 2 heteroatoms. The molecule has 2 heterocycles. The quantitative estimate of drug-likeness (QED) is 0.596. The van der Waals surface area contributed by atoms with Gasteiger partial charge in [0.2, 0.25) is 0 Å². The van der Waals surface area contributed by atoms with E-state index in [0.717, 1.165) is 41.2 Å². The highest BCUT2D eigenvalue weighted by molar-refractivity contribution is 5.78. The largest absolute Gasteiger partial charge is 0.246 e. The van der Waals surface area contributed by atoms with Crippen molar-refractivity contribution in [3.8, 4) is 22.6 Å². The van der Waals surface area contributed by atoms with E-state index in [9.17, 15) is 0 Å². The van der Waals surface area contributed by atoms with E-state index < -0.39 is 0 Å². The number of benzene rings is 1. The molecular formula is C23H20N2. The fraction of sp³-hybridized carbons (Fsp3) is 0.130. The Morgan fingerprint density at radius 3 is 1.92 bits per heavy atom. The first-order valence-corrected chi connectivity index (χ1v) is 8.69. The fourth-order valence-electron chi connectivity index (χ4n) is 3.18. The summed E-state index contributed by atoms with van der Waals surface area (Å²) in [5.74, 6) is 0. The molecule has 0 aliphatic heterocycles. The standard InChI is InChI=1S/C23H20N2/c1-17-9-5-6-12-19(17)21-14-8-16-23(25-21)22-15-7-13-20(24-22)18-10-3-2-4-11-18/h2-4,7-16H,5-6H2,1H3. The smallest absolute Gasteiger partial charge is 0.0893 e. The second-order valence-electron chi connectivity index (χ2n) is 6.26. The Balaban J connectivity index is 1.73. The molecule has 4 rings (SSSR count). The summed E-state index contributed by atoms with van der Waals surface area (Å²) in [7, 11) is 0. The summed E-state index contributed by atoms with van der Waals surface area (Å²) in [5.41, 5.74) is 7.48. The van der Waals surface area contributed by atoms with Crippen molar-refractivity contribution in [1.82, 2.24) is 9.97 Å². The number of pyridine rings is 2. The van der Waals surface area contributed by atoms with Gasteiger partial charge in [0.1, 0.15) is 0 Å². The third-order valence-corrected chi connectivity index (χ3v) is 4.50. The number of hydrogen-bond donors (Lipinski definition) is 0. The molecule has 122 valence electrons. The first-order valence-electron chi connectivity index (χ1n) is 8.69. The molecule has 0 N–H and O–H groups in total. The first kappa shape index (κ1) is 15.5. The van der Waals surface area contributed by atoms with Crippen LogP contribution >= 0.6 is 0 Å². The van der Waals surface area contributed by atoms with Crippen LogP contribution in [-0.4, -0.2) is 9.97 Å². The zero-order chi connectivity index (χ0) is 17.1. The van der Waals surface area contributed by atoms with Crippen LogP contribution in [0.25, 0.3) is 28.2 Å². The van der Waals surface area contributed by atoms with Crippen LogP contribution in [-0.2, 0) is 0 Å². The van der Waals surface area contributed by atoms with Crippen LogP contribution in [0.15, 0.2) is 84.5 Å². The van der Waals surface area contributed by atoms with Gasteiger partial charge in [0, 0.05) is 5.56 Å². The average molecular weight is 324 g/mol. The van der Waals surface area contributed by atoms with Crippen molar-refractivity contribution in [3.63, 3.8) is 0 Å². The van der Waals surface area contributed by atoms with Crippen molar-refractivity contribution >= 4 is 5.57 Å². The molecule has 3 aromatic rings. The van der Waals surface area contributed by atoms with Crippen molar-refractivity contribution in [2.45, 2.75) is 19.8 Å². The molecule has 0 amide bonds. The summed E-state index contributed by atoms with van der Waals surface area (Å²) in [4.78, 5) is 9.70. The minimum absolute atomic E-state index is 0.904. The highest BCUT2D eigenvalue weighted by Crippen LogP contribution is 2.28. The van der Waals surface area contributed by atoms with Gasteiger partial charge in [-0.15, -0.1) is 0 Å². The fourth-order valence-corrected chi connectivity index (χ4v) is 3.18. The van der Waals surface area contributed by atoms with Gasteiger partial charge in [-0.1, -0.05) is 54.6 Å². The summed E-state index contributed by atoms with van der Waals surface area (Å²) in [6, 6.07) is 22.5. The van der Waals surface area contributed by atoms with Gasteiger partial charge in [-0.3, -0.25) is 0 Å². The predicted octanol–water partition coefficient (Wildman–Crippen LogP) is 5.93. The molecule has 0 bridgehead atoms. The van der Waals surface area contributed by atoms with E-state index in [1.165, 1.54) is 11.1 Å². The summed E-state index contributed by atoms with van der Waals surface area (Å²) < 4.78 is 0. The SMILES string of the molecule is CC1=CCCC=C1c1cccc(-c2cccc(-c3ccccc3)n2)n1. The molecule has 1 aliphatic rings. The van der Waals surface area contributed by atoms with Gasteiger partial charge in [0.25, 0.3) is 0 Å². The van der Waals surface area contributed by atoms with Gasteiger partial charge in [-0.25, -0.2) is 9.97 Å². The second-order valence-corrected chi connectivity index (χ2v) is 6.26. The highest BCUT2D eigenvalue weighted by Gasteiger charge is 2.11. The summed E-state index contributed by atoms with van der Waals surface area (Å²) in [6.07, 6.45) is 6.78. The maximum absolute atomic E-state index is 4.88. The van der Waals surface area contributed by atoms with Gasteiger partial charge in [0.05, 0.1) is 22.8 Å². The Kier molecular flexibility index (Phi) is 4.26. The lowest BCUT2D eigenvalue weighted by Crippen LogP contribution is -1.97. The molecule has 1 aliphatic carbocycles. The molecule has 0 saturated heterocycles. The van der Waals surface area contributed by atoms with Gasteiger partial charge < -0.3 is 0 Å². The van der Waals surface area contributed by atoms with Crippen LogP contribution in [0, 0.1) is 0 Å². The maximum Gasteiger partial charge on any atom is 0.0893 e. The number of allylic oxidation sites excluding steroid dienone is 4. The van der Waals surface area contributed by atoms with E-state index in [2.05, 4.69) is 43.3 Å². The minimum atomic E-state index is 0.904. The third-order valence-electron chi connectivity index (χ3n) is 4.50. The Hall–Kier alpha value is -3.00. The van der Waals surface area contributed by atoms with Crippen molar-refractivity contribution in [3.05, 3.63) is 90.1 Å². The summed E-state index contributed by atoms with van der Waals surface area (Å²) in [6.45, 7) is 2.16.